The molecule has 0 aromatic carbocycles. The van der Waals surface area contributed by atoms with Crippen molar-refractivity contribution in [1.29, 1.82) is 0 Å². The maximum atomic E-state index is 12.4. The zero-order chi connectivity index (χ0) is 16.0. The van der Waals surface area contributed by atoms with Crippen LogP contribution < -0.4 is 10.6 Å². The van der Waals surface area contributed by atoms with Crippen molar-refractivity contribution < 1.29 is 9.21 Å². The first-order chi connectivity index (χ1) is 11.1. The van der Waals surface area contributed by atoms with Gasteiger partial charge in [-0.05, 0) is 12.1 Å². The molecule has 6 nitrogen and oxygen atoms in total. The number of nitrogens with one attached hydrogen (secondary N) is 2. The van der Waals surface area contributed by atoms with Gasteiger partial charge in [0.15, 0.2) is 16.8 Å². The van der Waals surface area contributed by atoms with Crippen molar-refractivity contribution in [2.24, 2.45) is 0 Å². The van der Waals surface area contributed by atoms with Crippen molar-refractivity contribution in [3.63, 3.8) is 0 Å². The fourth-order valence-electron chi connectivity index (χ4n) is 2.53. The number of hydrogen-bond donors (Lipinski definition) is 2. The summed E-state index contributed by atoms with van der Waals surface area (Å²) in [6, 6.07) is 1.83. The van der Waals surface area contributed by atoms with E-state index in [0.29, 0.717) is 17.2 Å². The highest BCUT2D eigenvalue weighted by atomic mass is 32.1. The molecule has 2 N–H and O–H groups in total. The molecular weight excluding hydrogens is 332 g/mol. The number of rotatable bonds is 3. The highest BCUT2D eigenvalue weighted by molar-refractivity contribution is 7.29. The second-order valence-electron chi connectivity index (χ2n) is 5.24. The largest absolute Gasteiger partial charge is 0.441 e. The third-order valence-corrected chi connectivity index (χ3v) is 5.75. The molecule has 1 unspecified atom stereocenters. The lowest BCUT2D eigenvalue weighted by Crippen LogP contribution is -2.35. The Morgan fingerprint density at radius 2 is 2.26 bits per heavy atom. The number of oxazole rings is 1. The maximum absolute atomic E-state index is 12.4. The molecule has 1 aliphatic carbocycles. The van der Waals surface area contributed by atoms with Crippen LogP contribution in [0.2, 0.25) is 0 Å². The van der Waals surface area contributed by atoms with Gasteiger partial charge in [-0.2, -0.15) is 0 Å². The summed E-state index contributed by atoms with van der Waals surface area (Å²) in [4.78, 5) is 22.8. The SMILES string of the molecule is CNc1nc2sc(C(=O)NC3C=Cc4oc(C)nc4C3)cc2s1. The monoisotopic (exact) mass is 346 g/mol. The summed E-state index contributed by atoms with van der Waals surface area (Å²) in [5.41, 5.74) is 0.891. The Morgan fingerprint density at radius 3 is 3.04 bits per heavy atom. The topological polar surface area (TPSA) is 80.0 Å². The van der Waals surface area contributed by atoms with Crippen molar-refractivity contribution in [3.05, 3.63) is 34.4 Å². The lowest BCUT2D eigenvalue weighted by atomic mass is 10.0. The van der Waals surface area contributed by atoms with E-state index in [-0.39, 0.29) is 11.9 Å². The summed E-state index contributed by atoms with van der Waals surface area (Å²) in [6.45, 7) is 1.82. The molecule has 0 fully saturated rings. The minimum Gasteiger partial charge on any atom is -0.441 e. The first-order valence-corrected chi connectivity index (χ1v) is 8.79. The quantitative estimate of drug-likeness (QED) is 0.762. The van der Waals surface area contributed by atoms with Crippen molar-refractivity contribution >= 4 is 49.3 Å². The standard InChI is InChI=1S/C15H14N4O2S2/c1-7-17-9-5-8(3-4-10(9)21-7)18-13(20)11-6-12-14(22-11)19-15(16-2)23-12/h3-4,6,8H,5H2,1-2H3,(H,16,19)(H,18,20). The molecule has 1 atom stereocenters. The van der Waals surface area contributed by atoms with Gasteiger partial charge >= 0.3 is 0 Å². The number of anilines is 1. The van der Waals surface area contributed by atoms with E-state index in [1.54, 1.807) is 11.3 Å². The third-order valence-electron chi connectivity index (χ3n) is 3.57. The van der Waals surface area contributed by atoms with Gasteiger partial charge in [0, 0.05) is 20.4 Å². The average Bonchev–Trinajstić information content (AvgIpc) is 3.17. The van der Waals surface area contributed by atoms with Gasteiger partial charge in [-0.25, -0.2) is 9.97 Å². The van der Waals surface area contributed by atoms with Crippen molar-refractivity contribution in [2.75, 3.05) is 12.4 Å². The molecule has 23 heavy (non-hydrogen) atoms. The van der Waals surface area contributed by atoms with E-state index in [1.165, 1.54) is 11.3 Å². The van der Waals surface area contributed by atoms with Crippen LogP contribution in [0.4, 0.5) is 5.13 Å². The van der Waals surface area contributed by atoms with E-state index in [1.807, 2.05) is 32.2 Å². The van der Waals surface area contributed by atoms with Gasteiger partial charge in [0.05, 0.1) is 21.3 Å². The molecular formula is C15H14N4O2S2. The zero-order valence-corrected chi connectivity index (χ0v) is 14.2. The Kier molecular flexibility index (Phi) is 3.42. The Balaban J connectivity index is 1.49. The summed E-state index contributed by atoms with van der Waals surface area (Å²) < 4.78 is 6.50. The first-order valence-electron chi connectivity index (χ1n) is 7.16. The van der Waals surface area contributed by atoms with Gasteiger partial charge in [-0.15, -0.1) is 11.3 Å². The summed E-state index contributed by atoms with van der Waals surface area (Å²) in [5.74, 6) is 1.36. The number of aromatic nitrogens is 2. The van der Waals surface area contributed by atoms with Crippen LogP contribution >= 0.6 is 22.7 Å². The Bertz CT molecular complexity index is 890. The van der Waals surface area contributed by atoms with E-state index in [0.717, 1.165) is 26.1 Å². The number of fused-ring (bicyclic) bond motifs is 2. The molecule has 3 aromatic rings. The second kappa shape index (κ2) is 5.47. The smallest absolute Gasteiger partial charge is 0.261 e. The van der Waals surface area contributed by atoms with Gasteiger partial charge < -0.3 is 15.1 Å². The van der Waals surface area contributed by atoms with Gasteiger partial charge in [-0.1, -0.05) is 17.4 Å². The lowest BCUT2D eigenvalue weighted by Gasteiger charge is -2.16. The fraction of sp³-hybridized carbons (Fsp3) is 0.267. The van der Waals surface area contributed by atoms with E-state index in [4.69, 9.17) is 4.42 Å². The lowest BCUT2D eigenvalue weighted by molar-refractivity contribution is 0.0948. The summed E-state index contributed by atoms with van der Waals surface area (Å²) >= 11 is 2.96. The minimum absolute atomic E-state index is 0.0690. The van der Waals surface area contributed by atoms with E-state index in [2.05, 4.69) is 20.6 Å². The van der Waals surface area contributed by atoms with E-state index >= 15 is 0 Å². The molecule has 3 aromatic heterocycles. The van der Waals surface area contributed by atoms with E-state index in [9.17, 15) is 4.79 Å². The van der Waals surface area contributed by atoms with Crippen LogP contribution in [0.15, 0.2) is 16.6 Å². The molecule has 4 rings (SSSR count). The van der Waals surface area contributed by atoms with Crippen LogP contribution in [0.5, 0.6) is 0 Å². The van der Waals surface area contributed by atoms with Crippen LogP contribution in [0, 0.1) is 6.92 Å². The molecule has 0 aliphatic heterocycles. The molecule has 0 saturated heterocycles. The third kappa shape index (κ3) is 2.64. The Morgan fingerprint density at radius 1 is 1.39 bits per heavy atom. The van der Waals surface area contributed by atoms with Crippen molar-refractivity contribution in [2.45, 2.75) is 19.4 Å². The van der Waals surface area contributed by atoms with Crippen LogP contribution in [-0.4, -0.2) is 29.0 Å². The van der Waals surface area contributed by atoms with Gasteiger partial charge in [-0.3, -0.25) is 4.79 Å². The molecule has 0 bridgehead atoms. The Labute approximate surface area is 140 Å². The van der Waals surface area contributed by atoms with Gasteiger partial charge in [0.25, 0.3) is 5.91 Å². The van der Waals surface area contributed by atoms with Crippen LogP contribution in [-0.2, 0) is 6.42 Å². The highest BCUT2D eigenvalue weighted by Gasteiger charge is 2.22. The number of thiazole rings is 1. The number of thiophene rings is 1. The van der Waals surface area contributed by atoms with Crippen molar-refractivity contribution in [1.82, 2.24) is 15.3 Å². The van der Waals surface area contributed by atoms with Gasteiger partial charge in [0.1, 0.15) is 4.83 Å². The molecule has 0 spiro atoms. The van der Waals surface area contributed by atoms with Crippen LogP contribution in [0.25, 0.3) is 15.6 Å². The molecule has 118 valence electrons. The summed E-state index contributed by atoms with van der Waals surface area (Å²) in [5, 5.41) is 6.91. The molecule has 1 aliphatic rings. The summed E-state index contributed by atoms with van der Waals surface area (Å²) in [7, 11) is 1.84. The second-order valence-corrected chi connectivity index (χ2v) is 7.30. The van der Waals surface area contributed by atoms with Crippen LogP contribution in [0.1, 0.15) is 27.0 Å². The predicted molar refractivity (Wildman–Crippen MR) is 92.3 cm³/mol. The van der Waals surface area contributed by atoms with E-state index < -0.39 is 0 Å². The predicted octanol–water partition coefficient (Wildman–Crippen LogP) is 3.06. The summed E-state index contributed by atoms with van der Waals surface area (Å²) in [6.07, 6.45) is 4.46. The van der Waals surface area contributed by atoms with Crippen LogP contribution in [0.3, 0.4) is 0 Å². The minimum atomic E-state index is -0.0791. The first kappa shape index (κ1) is 14.4. The Hall–Kier alpha value is -2.19. The number of carbonyl (C=O) groups is 1. The zero-order valence-electron chi connectivity index (χ0n) is 12.5. The molecule has 1 amide bonds. The number of nitrogens with zero attached hydrogens (tertiary/aromatic N) is 2. The molecule has 0 saturated carbocycles. The maximum Gasteiger partial charge on any atom is 0.261 e. The number of aryl methyl sites for hydroxylation is 1. The molecule has 8 heteroatoms. The normalized spacial score (nSPS) is 16.5. The molecule has 3 heterocycles. The van der Waals surface area contributed by atoms with Crippen molar-refractivity contribution in [3.8, 4) is 0 Å². The average molecular weight is 346 g/mol. The number of hydrogen-bond acceptors (Lipinski definition) is 7. The van der Waals surface area contributed by atoms with Gasteiger partial charge in [0.2, 0.25) is 0 Å². The fourth-order valence-corrected chi connectivity index (χ4v) is 4.51. The molecule has 0 radical (unpaired) electrons. The number of carbonyl (C=O) groups excluding carboxylic acids is 1. The highest BCUT2D eigenvalue weighted by Crippen LogP contribution is 2.32. The number of amides is 1.